The Labute approximate surface area is 128 Å². The van der Waals surface area contributed by atoms with Crippen molar-refractivity contribution in [1.82, 2.24) is 9.88 Å². The van der Waals surface area contributed by atoms with Gasteiger partial charge in [0.15, 0.2) is 0 Å². The van der Waals surface area contributed by atoms with Crippen molar-refractivity contribution < 1.29 is 14.7 Å². The number of nitrogens with two attached hydrogens (primary N) is 1. The Morgan fingerprint density at radius 3 is 2.55 bits per heavy atom. The van der Waals surface area contributed by atoms with Gasteiger partial charge in [-0.2, -0.15) is 0 Å². The lowest BCUT2D eigenvalue weighted by Gasteiger charge is -2.18. The maximum atomic E-state index is 12.4. The molecule has 1 unspecified atom stereocenters. The normalized spacial score (nSPS) is 11.9. The lowest BCUT2D eigenvalue weighted by molar-refractivity contribution is 0.0921. The van der Waals surface area contributed by atoms with Gasteiger partial charge in [-0.1, -0.05) is 30.3 Å². The molecule has 0 aliphatic heterocycles. The van der Waals surface area contributed by atoms with Crippen LogP contribution in [0.25, 0.3) is 0 Å². The fraction of sp³-hybridized carbons (Fsp3) is 0.250. The van der Waals surface area contributed by atoms with Crippen LogP contribution in [0.3, 0.4) is 0 Å². The minimum Gasteiger partial charge on any atom is -0.396 e. The predicted octanol–water partition coefficient (Wildman–Crippen LogP) is 0.977. The van der Waals surface area contributed by atoms with Crippen LogP contribution in [0.1, 0.15) is 38.9 Å². The maximum Gasteiger partial charge on any atom is 0.268 e. The van der Waals surface area contributed by atoms with Gasteiger partial charge in [-0.15, -0.1) is 0 Å². The summed E-state index contributed by atoms with van der Waals surface area (Å²) in [4.78, 5) is 23.6. The van der Waals surface area contributed by atoms with Crippen LogP contribution in [0.15, 0.2) is 42.6 Å². The number of hydrogen-bond donors (Lipinski definition) is 3. The predicted molar refractivity (Wildman–Crippen MR) is 82.3 cm³/mol. The summed E-state index contributed by atoms with van der Waals surface area (Å²) in [5.41, 5.74) is 6.75. The van der Waals surface area contributed by atoms with Crippen LogP contribution in [0, 0.1) is 0 Å². The summed E-state index contributed by atoms with van der Waals surface area (Å²) in [7, 11) is 1.67. The molecule has 2 rings (SSSR count). The van der Waals surface area contributed by atoms with E-state index >= 15 is 0 Å². The van der Waals surface area contributed by atoms with Gasteiger partial charge in [0.1, 0.15) is 5.69 Å². The van der Waals surface area contributed by atoms with Crippen LogP contribution in [-0.2, 0) is 7.05 Å². The van der Waals surface area contributed by atoms with Crippen LogP contribution < -0.4 is 11.1 Å². The van der Waals surface area contributed by atoms with E-state index in [0.717, 1.165) is 5.56 Å². The minimum atomic E-state index is -0.579. The molecule has 1 atom stereocenters. The third kappa shape index (κ3) is 3.53. The highest BCUT2D eigenvalue weighted by atomic mass is 16.3. The molecule has 0 saturated carbocycles. The summed E-state index contributed by atoms with van der Waals surface area (Å²) in [5.74, 6) is -0.901. The molecular formula is C16H19N3O3. The van der Waals surface area contributed by atoms with Crippen molar-refractivity contribution in [3.8, 4) is 0 Å². The van der Waals surface area contributed by atoms with Crippen LogP contribution in [0.5, 0.6) is 0 Å². The molecule has 0 aliphatic carbocycles. The summed E-state index contributed by atoms with van der Waals surface area (Å²) in [5, 5.41) is 12.1. The molecule has 22 heavy (non-hydrogen) atoms. The Morgan fingerprint density at radius 2 is 2.00 bits per heavy atom. The van der Waals surface area contributed by atoms with Gasteiger partial charge in [-0.05, 0) is 18.1 Å². The number of aliphatic hydroxyl groups excluding tert-OH is 1. The highest BCUT2D eigenvalue weighted by Gasteiger charge is 2.19. The second-order valence-electron chi connectivity index (χ2n) is 5.04. The van der Waals surface area contributed by atoms with E-state index < -0.39 is 5.91 Å². The Hall–Kier alpha value is -2.60. The number of nitrogens with one attached hydrogen (secondary N) is 1. The molecule has 116 valence electrons. The largest absolute Gasteiger partial charge is 0.396 e. The van der Waals surface area contributed by atoms with Gasteiger partial charge in [0.25, 0.3) is 5.91 Å². The third-order valence-corrected chi connectivity index (χ3v) is 3.45. The molecule has 6 heteroatoms. The number of nitrogens with zero attached hydrogens (tertiary/aromatic N) is 1. The molecule has 0 spiro atoms. The van der Waals surface area contributed by atoms with E-state index in [0.29, 0.717) is 12.1 Å². The number of aromatic nitrogens is 1. The summed E-state index contributed by atoms with van der Waals surface area (Å²) in [6.07, 6.45) is 1.92. The number of rotatable bonds is 6. The van der Waals surface area contributed by atoms with Crippen molar-refractivity contribution in [3.05, 3.63) is 59.4 Å². The molecule has 6 nitrogen and oxygen atoms in total. The highest BCUT2D eigenvalue weighted by Crippen LogP contribution is 2.17. The first-order valence-corrected chi connectivity index (χ1v) is 6.95. The number of carbonyl (C=O) groups excluding carboxylic acids is 2. The van der Waals surface area contributed by atoms with Gasteiger partial charge in [0.05, 0.1) is 11.6 Å². The average molecular weight is 301 g/mol. The number of aliphatic hydroxyl groups is 1. The molecule has 1 aromatic carbocycles. The van der Waals surface area contributed by atoms with Gasteiger partial charge in [0.2, 0.25) is 5.91 Å². The van der Waals surface area contributed by atoms with Crippen LogP contribution >= 0.6 is 0 Å². The van der Waals surface area contributed by atoms with Crippen molar-refractivity contribution in [3.63, 3.8) is 0 Å². The van der Waals surface area contributed by atoms with E-state index in [1.807, 2.05) is 30.3 Å². The van der Waals surface area contributed by atoms with Crippen LogP contribution in [-0.4, -0.2) is 28.1 Å². The highest BCUT2D eigenvalue weighted by molar-refractivity contribution is 5.98. The molecule has 2 aromatic rings. The number of benzene rings is 1. The third-order valence-electron chi connectivity index (χ3n) is 3.45. The molecule has 2 amide bonds. The van der Waals surface area contributed by atoms with Crippen molar-refractivity contribution in [2.45, 2.75) is 12.5 Å². The summed E-state index contributed by atoms with van der Waals surface area (Å²) in [6, 6.07) is 10.6. The molecule has 0 bridgehead atoms. The van der Waals surface area contributed by atoms with Crippen molar-refractivity contribution in [2.75, 3.05) is 6.61 Å². The zero-order valence-corrected chi connectivity index (χ0v) is 12.3. The molecule has 0 radical (unpaired) electrons. The standard InChI is InChI=1S/C16H19N3O3/c1-19-10-12(15(17)21)9-14(19)16(22)18-13(7-8-20)11-5-3-2-4-6-11/h2-6,9-10,13,20H,7-8H2,1H3,(H2,17,21)(H,18,22). The second kappa shape index (κ2) is 6.91. The monoisotopic (exact) mass is 301 g/mol. The van der Waals surface area contributed by atoms with Gasteiger partial charge in [-0.3, -0.25) is 9.59 Å². The van der Waals surface area contributed by atoms with Crippen molar-refractivity contribution in [1.29, 1.82) is 0 Å². The number of primary amides is 1. The molecule has 1 aromatic heterocycles. The van der Waals surface area contributed by atoms with Crippen molar-refractivity contribution >= 4 is 11.8 Å². The molecular weight excluding hydrogens is 282 g/mol. The lowest BCUT2D eigenvalue weighted by Crippen LogP contribution is -2.30. The van der Waals surface area contributed by atoms with Crippen molar-refractivity contribution in [2.24, 2.45) is 12.8 Å². The van der Waals surface area contributed by atoms with E-state index in [2.05, 4.69) is 5.32 Å². The Morgan fingerprint density at radius 1 is 1.32 bits per heavy atom. The summed E-state index contributed by atoms with van der Waals surface area (Å²) >= 11 is 0. The Bertz CT molecular complexity index is 665. The Kier molecular flexibility index (Phi) is 4.95. The van der Waals surface area contributed by atoms with E-state index in [9.17, 15) is 14.7 Å². The fourth-order valence-corrected chi connectivity index (χ4v) is 2.29. The lowest BCUT2D eigenvalue weighted by atomic mass is 10.0. The van der Waals surface area contributed by atoms with E-state index in [1.165, 1.54) is 12.3 Å². The van der Waals surface area contributed by atoms with Crippen LogP contribution in [0.4, 0.5) is 0 Å². The quantitative estimate of drug-likeness (QED) is 0.742. The van der Waals surface area contributed by atoms with Crippen LogP contribution in [0.2, 0.25) is 0 Å². The number of amides is 2. The summed E-state index contributed by atoms with van der Waals surface area (Å²) in [6.45, 7) is -0.0421. The fourth-order valence-electron chi connectivity index (χ4n) is 2.29. The van der Waals surface area contributed by atoms with E-state index in [-0.39, 0.29) is 24.1 Å². The molecule has 1 heterocycles. The van der Waals surface area contributed by atoms with Gasteiger partial charge in [0, 0.05) is 19.9 Å². The maximum absolute atomic E-state index is 12.4. The van der Waals surface area contributed by atoms with Gasteiger partial charge >= 0.3 is 0 Å². The minimum absolute atomic E-state index is 0.0421. The molecule has 0 aliphatic rings. The Balaban J connectivity index is 2.20. The zero-order valence-electron chi connectivity index (χ0n) is 12.3. The second-order valence-corrected chi connectivity index (χ2v) is 5.04. The van der Waals surface area contributed by atoms with Gasteiger partial charge in [-0.25, -0.2) is 0 Å². The number of hydrogen-bond acceptors (Lipinski definition) is 3. The van der Waals surface area contributed by atoms with Gasteiger partial charge < -0.3 is 20.7 Å². The smallest absolute Gasteiger partial charge is 0.268 e. The zero-order chi connectivity index (χ0) is 16.1. The van der Waals surface area contributed by atoms with E-state index in [4.69, 9.17) is 5.73 Å². The number of aryl methyl sites for hydroxylation is 1. The number of carbonyl (C=O) groups is 2. The molecule has 0 saturated heterocycles. The molecule has 4 N–H and O–H groups in total. The first kappa shape index (κ1) is 15.8. The molecule has 0 fully saturated rings. The SMILES string of the molecule is Cn1cc(C(N)=O)cc1C(=O)NC(CCO)c1ccccc1. The average Bonchev–Trinajstić information content (AvgIpc) is 2.90. The summed E-state index contributed by atoms with van der Waals surface area (Å²) < 4.78 is 1.55. The first-order chi connectivity index (χ1) is 10.5. The van der Waals surface area contributed by atoms with E-state index in [1.54, 1.807) is 11.6 Å². The topological polar surface area (TPSA) is 97.4 Å². The first-order valence-electron chi connectivity index (χ1n) is 6.95.